The maximum atomic E-state index is 14.5. The van der Waals surface area contributed by atoms with Crippen molar-refractivity contribution < 1.29 is 31.7 Å². The van der Waals surface area contributed by atoms with Gasteiger partial charge in [-0.3, -0.25) is 14.9 Å². The van der Waals surface area contributed by atoms with E-state index in [0.717, 1.165) is 11.1 Å². The van der Waals surface area contributed by atoms with Crippen molar-refractivity contribution in [2.45, 2.75) is 114 Å². The van der Waals surface area contributed by atoms with Crippen LogP contribution in [0.15, 0.2) is 47.4 Å². The Kier molecular flexibility index (Phi) is 13.0. The number of hydrogen-bond donors (Lipinski definition) is 1. The fraction of sp³-hybridized carbons (Fsp3) is 0.583. The molecule has 2 aromatic rings. The molecule has 0 spiro atoms. The first-order chi connectivity index (χ1) is 23.0. The van der Waals surface area contributed by atoms with Gasteiger partial charge in [-0.15, -0.1) is 0 Å². The summed E-state index contributed by atoms with van der Waals surface area (Å²) < 4.78 is 46.1. The highest BCUT2D eigenvalue weighted by atomic mass is 32.2. The minimum absolute atomic E-state index is 0.0771. The Morgan fingerprint density at radius 3 is 2.04 bits per heavy atom. The molecule has 0 radical (unpaired) electrons. The molecule has 0 aromatic heterocycles. The number of carbonyl (C=O) groups excluding carboxylic acids is 1. The van der Waals surface area contributed by atoms with Crippen LogP contribution >= 0.6 is 0 Å². The summed E-state index contributed by atoms with van der Waals surface area (Å²) in [7, 11) is -5.52. The van der Waals surface area contributed by atoms with E-state index in [9.17, 15) is 23.3 Å². The molecule has 1 aliphatic heterocycles. The van der Waals surface area contributed by atoms with Crippen molar-refractivity contribution in [3.05, 3.63) is 63.7 Å². The number of rotatable bonds is 14. The molecule has 0 fully saturated rings. The van der Waals surface area contributed by atoms with E-state index in [1.807, 2.05) is 6.08 Å². The lowest BCUT2D eigenvalue weighted by Gasteiger charge is -2.42. The normalized spacial score (nSPS) is 16.2. The Hall–Kier alpha value is -3.05. The zero-order valence-corrected chi connectivity index (χ0v) is 34.9. The Labute approximate surface area is 301 Å². The second kappa shape index (κ2) is 15.7. The van der Waals surface area contributed by atoms with Gasteiger partial charge in [0.05, 0.1) is 35.6 Å². The molecule has 14 heteroatoms. The van der Waals surface area contributed by atoms with Crippen molar-refractivity contribution in [1.82, 2.24) is 9.62 Å². The second-order valence-electron chi connectivity index (χ2n) is 15.5. The van der Waals surface area contributed by atoms with Crippen LogP contribution in [0.4, 0.5) is 5.69 Å². The molecule has 50 heavy (non-hydrogen) atoms. The van der Waals surface area contributed by atoms with Crippen LogP contribution < -0.4 is 13.9 Å². The molecular weight excluding hydrogens is 691 g/mol. The number of benzene rings is 2. The minimum atomic E-state index is -3.60. The predicted octanol–water partition coefficient (Wildman–Crippen LogP) is 8.39. The Balaban J connectivity index is 2.12. The first-order valence-corrected chi connectivity index (χ1v) is 23.8. The zero-order valence-electron chi connectivity index (χ0n) is 32.0. The summed E-state index contributed by atoms with van der Waals surface area (Å²) in [6, 6.07) is 8.97. The summed E-state index contributed by atoms with van der Waals surface area (Å²) in [4.78, 5) is 28.3. The van der Waals surface area contributed by atoms with Crippen LogP contribution in [0.5, 0.6) is 11.5 Å². The van der Waals surface area contributed by atoms with E-state index in [1.165, 1.54) is 26.3 Å². The molecule has 11 nitrogen and oxygen atoms in total. The summed E-state index contributed by atoms with van der Waals surface area (Å²) in [6.07, 6.45) is 2.33. The van der Waals surface area contributed by atoms with Gasteiger partial charge in [-0.1, -0.05) is 80.5 Å². The van der Waals surface area contributed by atoms with Gasteiger partial charge in [-0.25, -0.2) is 13.1 Å². The van der Waals surface area contributed by atoms with Crippen molar-refractivity contribution in [3.8, 4) is 11.5 Å². The van der Waals surface area contributed by atoms with Crippen LogP contribution in [-0.4, -0.2) is 74.1 Å². The van der Waals surface area contributed by atoms with Gasteiger partial charge in [0.15, 0.2) is 19.8 Å². The summed E-state index contributed by atoms with van der Waals surface area (Å²) in [5.41, 5.74) is 1.98. The fourth-order valence-corrected chi connectivity index (χ4v) is 13.8. The second-order valence-corrected chi connectivity index (χ2v) is 27.6. The molecule has 2 aromatic carbocycles. The van der Waals surface area contributed by atoms with E-state index in [1.54, 1.807) is 29.2 Å². The summed E-state index contributed by atoms with van der Waals surface area (Å²) in [6.45, 7) is 23.9. The van der Waals surface area contributed by atoms with Gasteiger partial charge in [0.1, 0.15) is 5.56 Å². The highest BCUT2D eigenvalue weighted by Crippen LogP contribution is 2.46. The van der Waals surface area contributed by atoms with Crippen LogP contribution in [0.2, 0.25) is 34.8 Å². The number of nitrogens with zero attached hydrogens (tertiary/aromatic N) is 2. The Bertz CT molecular complexity index is 1660. The topological polar surface area (TPSA) is 137 Å². The average molecular weight is 748 g/mol. The van der Waals surface area contributed by atoms with Crippen LogP contribution in [0.25, 0.3) is 5.57 Å². The third kappa shape index (κ3) is 8.52. The first kappa shape index (κ1) is 41.4. The smallest absolute Gasteiger partial charge is 0.286 e. The van der Waals surface area contributed by atoms with E-state index < -0.39 is 43.5 Å². The maximum absolute atomic E-state index is 14.5. The highest BCUT2D eigenvalue weighted by Gasteiger charge is 2.48. The van der Waals surface area contributed by atoms with E-state index in [4.69, 9.17) is 13.6 Å². The van der Waals surface area contributed by atoms with Gasteiger partial charge in [-0.05, 0) is 71.5 Å². The molecule has 0 saturated carbocycles. The first-order valence-electron chi connectivity index (χ1n) is 17.3. The average Bonchev–Trinajstić information content (AvgIpc) is 3.04. The molecular formula is C36H57N3O8SSi2. The van der Waals surface area contributed by atoms with Crippen LogP contribution in [0, 0.1) is 10.1 Å². The van der Waals surface area contributed by atoms with E-state index in [2.05, 4.69) is 80.1 Å². The fourth-order valence-electron chi connectivity index (χ4n) is 6.73. The van der Waals surface area contributed by atoms with Crippen molar-refractivity contribution in [3.63, 3.8) is 0 Å². The molecule has 1 amide bonds. The molecule has 0 aliphatic carbocycles. The number of carbonyl (C=O) groups is 1. The Morgan fingerprint density at radius 2 is 1.58 bits per heavy atom. The molecule has 1 atom stereocenters. The lowest BCUT2D eigenvalue weighted by Crippen LogP contribution is -2.50. The molecule has 0 saturated heterocycles. The van der Waals surface area contributed by atoms with Crippen LogP contribution in [0.1, 0.15) is 84.7 Å². The largest absolute Gasteiger partial charge is 0.540 e. The number of nitro benzene ring substituents is 1. The van der Waals surface area contributed by atoms with Gasteiger partial charge in [0, 0.05) is 12.6 Å². The number of nitrogens with one attached hydrogen (secondary N) is 1. The predicted molar refractivity (Wildman–Crippen MR) is 205 cm³/mol. The minimum Gasteiger partial charge on any atom is -0.540 e. The summed E-state index contributed by atoms with van der Waals surface area (Å²) >= 11 is 0. The number of methoxy groups -OCH3 is 1. The van der Waals surface area contributed by atoms with Gasteiger partial charge >= 0.3 is 0 Å². The molecule has 1 aliphatic rings. The van der Waals surface area contributed by atoms with Crippen LogP contribution in [-0.2, 0) is 14.4 Å². The molecule has 0 bridgehead atoms. The third-order valence-electron chi connectivity index (χ3n) is 10.6. The summed E-state index contributed by atoms with van der Waals surface area (Å²) in [5, 5.41) is 12.5. The number of sulfonamides is 1. The van der Waals surface area contributed by atoms with E-state index >= 15 is 0 Å². The number of hydrogen-bond acceptors (Lipinski definition) is 8. The van der Waals surface area contributed by atoms with Gasteiger partial charge in [0.2, 0.25) is 10.0 Å². The number of nitro groups is 1. The van der Waals surface area contributed by atoms with Gasteiger partial charge in [0.25, 0.3) is 19.9 Å². The van der Waals surface area contributed by atoms with Crippen molar-refractivity contribution in [2.24, 2.45) is 0 Å². The molecule has 1 N–H and O–H groups in total. The maximum Gasteiger partial charge on any atom is 0.286 e. The lowest BCUT2D eigenvalue weighted by atomic mass is 9.93. The molecule has 3 rings (SSSR count). The third-order valence-corrected chi connectivity index (χ3v) is 22.6. The van der Waals surface area contributed by atoms with Crippen molar-refractivity contribution in [2.75, 3.05) is 27.3 Å². The molecule has 1 heterocycles. The van der Waals surface area contributed by atoms with E-state index in [0.29, 0.717) is 6.42 Å². The van der Waals surface area contributed by atoms with Gasteiger partial charge in [-0.2, -0.15) is 0 Å². The summed E-state index contributed by atoms with van der Waals surface area (Å²) in [5.74, 6) is 0.0498. The van der Waals surface area contributed by atoms with Crippen molar-refractivity contribution in [1.29, 1.82) is 0 Å². The zero-order chi connectivity index (χ0) is 38.0. The monoisotopic (exact) mass is 747 g/mol. The highest BCUT2D eigenvalue weighted by molar-refractivity contribution is 7.89. The standard InChI is InChI=1S/C36H57N3O8SSi2/c1-24(2)50(25(3)4,26(5)6)47-34-22-32(39(41)42)31(21-33(34)45-11)35(40)38-19-18-28(20-29(38)23-46-49(12,13)36(7,8)9)27-14-16-30(17-15-27)48(43,44)37-10/h14-18,21-22,24-26,29,37H,19-20,23H2,1-13H3. The van der Waals surface area contributed by atoms with Crippen molar-refractivity contribution >= 4 is 43.8 Å². The quantitative estimate of drug-likeness (QED) is 0.116. The SMILES string of the molecule is CNS(=O)(=O)c1ccc(C2=CCN(C(=O)c3cc(OC)c(O[Si](C(C)C)(C(C)C)C(C)C)cc3[N+](=O)[O-])C(CO[Si](C)(C)C(C)(C)C)C2)cc1. The van der Waals surface area contributed by atoms with Gasteiger partial charge < -0.3 is 18.5 Å². The van der Waals surface area contributed by atoms with E-state index in [-0.39, 0.29) is 62.5 Å². The molecule has 1 unspecified atom stereocenters. The Morgan fingerprint density at radius 1 is 1.02 bits per heavy atom. The van der Waals surface area contributed by atoms with Crippen LogP contribution in [0.3, 0.4) is 0 Å². The number of amides is 1. The lowest BCUT2D eigenvalue weighted by molar-refractivity contribution is -0.385. The molecule has 278 valence electrons. The number of ether oxygens (including phenoxy) is 1.